The molecule has 1 aromatic heterocycles. The third-order valence-electron chi connectivity index (χ3n) is 1.59. The number of aryl methyl sites for hydroxylation is 1. The Morgan fingerprint density at radius 3 is 2.92 bits per heavy atom. The van der Waals surface area contributed by atoms with Crippen LogP contribution >= 0.6 is 0 Å². The maximum absolute atomic E-state index is 11.2. The van der Waals surface area contributed by atoms with Crippen LogP contribution in [0.4, 0.5) is 6.01 Å². The molecule has 0 bridgehead atoms. The summed E-state index contributed by atoms with van der Waals surface area (Å²) in [5.41, 5.74) is 5.38. The second-order valence-corrected chi connectivity index (χ2v) is 2.73. The van der Waals surface area contributed by atoms with E-state index in [4.69, 9.17) is 10.2 Å². The first kappa shape index (κ1) is 7.78. The summed E-state index contributed by atoms with van der Waals surface area (Å²) in [5, 5.41) is 4.85. The van der Waals surface area contributed by atoms with E-state index >= 15 is 0 Å². The standard InChI is InChI=1S/C7H8N4O2/c1-4-3-9-7(13-4)11-6(12)2-5(8)10-11/h3H,2H2,1H3,(H2,8,10). The number of oxazole rings is 1. The van der Waals surface area contributed by atoms with Crippen molar-refractivity contribution < 1.29 is 9.21 Å². The zero-order chi connectivity index (χ0) is 9.42. The Bertz CT molecular complexity index is 382. The summed E-state index contributed by atoms with van der Waals surface area (Å²) in [6.07, 6.45) is 1.65. The van der Waals surface area contributed by atoms with E-state index < -0.39 is 0 Å². The molecule has 1 aliphatic rings. The van der Waals surface area contributed by atoms with Gasteiger partial charge in [0.15, 0.2) is 0 Å². The molecule has 6 nitrogen and oxygen atoms in total. The molecule has 1 aliphatic heterocycles. The average molecular weight is 180 g/mol. The molecule has 0 aliphatic carbocycles. The van der Waals surface area contributed by atoms with Crippen LogP contribution in [0.2, 0.25) is 0 Å². The molecule has 0 fully saturated rings. The molecular formula is C7H8N4O2. The molecule has 13 heavy (non-hydrogen) atoms. The van der Waals surface area contributed by atoms with Gasteiger partial charge in [-0.1, -0.05) is 0 Å². The fourth-order valence-corrected chi connectivity index (χ4v) is 1.04. The number of aromatic nitrogens is 1. The number of carbonyl (C=O) groups excluding carboxylic acids is 1. The van der Waals surface area contributed by atoms with Gasteiger partial charge in [0, 0.05) is 0 Å². The van der Waals surface area contributed by atoms with Crippen LogP contribution in [0.25, 0.3) is 0 Å². The van der Waals surface area contributed by atoms with Crippen molar-refractivity contribution in [1.29, 1.82) is 0 Å². The highest BCUT2D eigenvalue weighted by atomic mass is 16.4. The summed E-state index contributed by atoms with van der Waals surface area (Å²) in [6, 6.07) is 0.169. The van der Waals surface area contributed by atoms with Crippen LogP contribution in [-0.4, -0.2) is 16.7 Å². The minimum atomic E-state index is -0.223. The van der Waals surface area contributed by atoms with Gasteiger partial charge >= 0.3 is 6.01 Å². The van der Waals surface area contributed by atoms with Gasteiger partial charge in [-0.05, 0) is 6.92 Å². The minimum absolute atomic E-state index is 0.126. The summed E-state index contributed by atoms with van der Waals surface area (Å²) in [5.74, 6) is 0.684. The topological polar surface area (TPSA) is 84.7 Å². The molecule has 2 heterocycles. The lowest BCUT2D eigenvalue weighted by Crippen LogP contribution is -2.19. The lowest BCUT2D eigenvalue weighted by molar-refractivity contribution is -0.117. The highest BCUT2D eigenvalue weighted by Crippen LogP contribution is 2.18. The number of anilines is 1. The van der Waals surface area contributed by atoms with Crippen LogP contribution in [0.5, 0.6) is 0 Å². The largest absolute Gasteiger partial charge is 0.427 e. The van der Waals surface area contributed by atoms with E-state index in [9.17, 15) is 4.79 Å². The Hall–Kier alpha value is -1.85. The van der Waals surface area contributed by atoms with Crippen molar-refractivity contribution in [2.75, 3.05) is 5.01 Å². The molecule has 2 rings (SSSR count). The van der Waals surface area contributed by atoms with E-state index in [0.717, 1.165) is 5.01 Å². The van der Waals surface area contributed by atoms with Crippen molar-refractivity contribution in [2.45, 2.75) is 13.3 Å². The Labute approximate surface area is 74.0 Å². The van der Waals surface area contributed by atoms with Crippen LogP contribution in [0, 0.1) is 6.92 Å². The highest BCUT2D eigenvalue weighted by Gasteiger charge is 2.26. The maximum Gasteiger partial charge on any atom is 0.326 e. The SMILES string of the molecule is Cc1cnc(N2N=C(N)CC2=O)o1. The number of nitrogens with two attached hydrogens (primary N) is 1. The minimum Gasteiger partial charge on any atom is -0.427 e. The normalized spacial score (nSPS) is 16.5. The van der Waals surface area contributed by atoms with Gasteiger partial charge in [-0.25, -0.2) is 0 Å². The van der Waals surface area contributed by atoms with Gasteiger partial charge in [-0.2, -0.15) is 4.98 Å². The first-order chi connectivity index (χ1) is 6.16. The van der Waals surface area contributed by atoms with Gasteiger partial charge in [0.25, 0.3) is 5.91 Å². The Kier molecular flexibility index (Phi) is 1.54. The number of rotatable bonds is 1. The molecule has 0 saturated heterocycles. The number of carbonyl (C=O) groups is 1. The van der Waals surface area contributed by atoms with Gasteiger partial charge in [-0.3, -0.25) is 4.79 Å². The molecule has 1 amide bonds. The van der Waals surface area contributed by atoms with Gasteiger partial charge in [-0.15, -0.1) is 10.1 Å². The van der Waals surface area contributed by atoms with Crippen LogP contribution in [-0.2, 0) is 4.79 Å². The Balaban J connectivity index is 2.32. The second kappa shape index (κ2) is 2.58. The summed E-state index contributed by atoms with van der Waals surface area (Å²) < 4.78 is 5.12. The van der Waals surface area contributed by atoms with Crippen molar-refractivity contribution in [3.8, 4) is 0 Å². The number of hydrazone groups is 1. The van der Waals surface area contributed by atoms with E-state index in [-0.39, 0.29) is 24.2 Å². The molecule has 68 valence electrons. The second-order valence-electron chi connectivity index (χ2n) is 2.73. The van der Waals surface area contributed by atoms with Crippen molar-refractivity contribution in [1.82, 2.24) is 4.98 Å². The highest BCUT2D eigenvalue weighted by molar-refractivity contribution is 6.10. The zero-order valence-electron chi connectivity index (χ0n) is 7.02. The van der Waals surface area contributed by atoms with Crippen LogP contribution < -0.4 is 10.7 Å². The molecule has 0 atom stereocenters. The van der Waals surface area contributed by atoms with Crippen LogP contribution in [0.15, 0.2) is 15.7 Å². The van der Waals surface area contributed by atoms with Crippen molar-refractivity contribution in [3.05, 3.63) is 12.0 Å². The van der Waals surface area contributed by atoms with Crippen molar-refractivity contribution >= 4 is 17.8 Å². The third kappa shape index (κ3) is 1.26. The predicted molar refractivity (Wildman–Crippen MR) is 45.0 cm³/mol. The first-order valence-corrected chi connectivity index (χ1v) is 3.75. The molecular weight excluding hydrogens is 172 g/mol. The summed E-state index contributed by atoms with van der Waals surface area (Å²) in [4.78, 5) is 15.1. The summed E-state index contributed by atoms with van der Waals surface area (Å²) in [7, 11) is 0. The van der Waals surface area contributed by atoms with Crippen molar-refractivity contribution in [2.24, 2.45) is 10.8 Å². The first-order valence-electron chi connectivity index (χ1n) is 3.75. The van der Waals surface area contributed by atoms with Gasteiger partial charge in [0.05, 0.1) is 12.6 Å². The summed E-state index contributed by atoms with van der Waals surface area (Å²) >= 11 is 0. The maximum atomic E-state index is 11.2. The molecule has 0 unspecified atom stereocenters. The van der Waals surface area contributed by atoms with Gasteiger partial charge < -0.3 is 10.2 Å². The smallest absolute Gasteiger partial charge is 0.326 e. The molecule has 0 spiro atoms. The zero-order valence-corrected chi connectivity index (χ0v) is 7.02. The lowest BCUT2D eigenvalue weighted by Gasteiger charge is -2.03. The lowest BCUT2D eigenvalue weighted by atomic mass is 10.4. The van der Waals surface area contributed by atoms with Gasteiger partial charge in [0.2, 0.25) is 0 Å². The number of nitrogens with zero attached hydrogens (tertiary/aromatic N) is 3. The molecule has 0 radical (unpaired) electrons. The number of amidine groups is 1. The quantitative estimate of drug-likeness (QED) is 0.658. The van der Waals surface area contributed by atoms with Crippen LogP contribution in [0.1, 0.15) is 12.2 Å². The third-order valence-corrected chi connectivity index (χ3v) is 1.59. The van der Waals surface area contributed by atoms with Crippen molar-refractivity contribution in [3.63, 3.8) is 0 Å². The monoisotopic (exact) mass is 180 g/mol. The Morgan fingerprint density at radius 2 is 2.46 bits per heavy atom. The molecule has 0 aromatic carbocycles. The van der Waals surface area contributed by atoms with Gasteiger partial charge in [0.1, 0.15) is 11.6 Å². The molecule has 2 N–H and O–H groups in total. The number of amides is 1. The molecule has 1 aromatic rings. The predicted octanol–water partition coefficient (Wildman–Crippen LogP) is -0.00808. The fourth-order valence-electron chi connectivity index (χ4n) is 1.04. The van der Waals surface area contributed by atoms with E-state index in [1.165, 1.54) is 6.20 Å². The Morgan fingerprint density at radius 1 is 1.69 bits per heavy atom. The fraction of sp³-hybridized carbons (Fsp3) is 0.286. The molecule has 0 saturated carbocycles. The van der Waals surface area contributed by atoms with E-state index in [0.29, 0.717) is 5.76 Å². The van der Waals surface area contributed by atoms with E-state index in [2.05, 4.69) is 10.1 Å². The summed E-state index contributed by atoms with van der Waals surface area (Å²) in [6.45, 7) is 1.74. The van der Waals surface area contributed by atoms with E-state index in [1.54, 1.807) is 6.92 Å². The number of hydrogen-bond acceptors (Lipinski definition) is 5. The molecule has 6 heteroatoms. The van der Waals surface area contributed by atoms with Crippen LogP contribution in [0.3, 0.4) is 0 Å². The average Bonchev–Trinajstić information content (AvgIpc) is 2.58. The number of hydrogen-bond donors (Lipinski definition) is 1. The van der Waals surface area contributed by atoms with E-state index in [1.807, 2.05) is 0 Å².